The van der Waals surface area contributed by atoms with Crippen LogP contribution in [0.5, 0.6) is 5.75 Å². The lowest BCUT2D eigenvalue weighted by Crippen LogP contribution is -2.57. The quantitative estimate of drug-likeness (QED) is 0.146. The highest BCUT2D eigenvalue weighted by Gasteiger charge is 2.65. The molecule has 0 radical (unpaired) electrons. The molecule has 4 aromatic carbocycles. The molecule has 6 atom stereocenters. The van der Waals surface area contributed by atoms with Crippen LogP contribution in [0.1, 0.15) is 66.3 Å². The SMILES string of the molecule is COC(=O)C(=O)O[C@@]1(c2ccccc2)C[C@]2(C)[C@@H](OCc3ccccc3)CC[C@H]2[C@@H]2CCc3cc(OCc4ccccc4)ccc3[C@H]21. The van der Waals surface area contributed by atoms with Crippen molar-refractivity contribution >= 4 is 11.9 Å². The summed E-state index contributed by atoms with van der Waals surface area (Å²) in [4.78, 5) is 26.2. The highest BCUT2D eigenvalue weighted by Crippen LogP contribution is 2.68. The number of hydrogen-bond donors (Lipinski definition) is 0. The summed E-state index contributed by atoms with van der Waals surface area (Å²) >= 11 is 0. The van der Waals surface area contributed by atoms with Gasteiger partial charge >= 0.3 is 11.9 Å². The van der Waals surface area contributed by atoms with E-state index in [-0.39, 0.29) is 23.4 Å². The summed E-state index contributed by atoms with van der Waals surface area (Å²) in [7, 11) is 1.22. The number of ether oxygens (including phenoxy) is 4. The second-order valence-electron chi connectivity index (χ2n) is 13.6. The number of aryl methyl sites for hydroxylation is 1. The van der Waals surface area contributed by atoms with Crippen LogP contribution in [0.15, 0.2) is 109 Å². The number of carbonyl (C=O) groups excluding carboxylic acids is 2. The molecule has 2 saturated carbocycles. The Hall–Kier alpha value is -4.42. The molecular formula is C41H42O6. The third-order valence-corrected chi connectivity index (χ3v) is 11.0. The van der Waals surface area contributed by atoms with Gasteiger partial charge in [-0.2, -0.15) is 0 Å². The average molecular weight is 631 g/mol. The average Bonchev–Trinajstić information content (AvgIpc) is 3.45. The van der Waals surface area contributed by atoms with Crippen molar-refractivity contribution in [2.75, 3.05) is 7.11 Å². The molecule has 0 amide bonds. The highest BCUT2D eigenvalue weighted by molar-refractivity contribution is 6.29. The van der Waals surface area contributed by atoms with Crippen LogP contribution in [0.4, 0.5) is 0 Å². The minimum absolute atomic E-state index is 0.0243. The van der Waals surface area contributed by atoms with Crippen LogP contribution in [0, 0.1) is 17.3 Å². The van der Waals surface area contributed by atoms with Crippen molar-refractivity contribution < 1.29 is 28.5 Å². The maximum atomic E-state index is 13.5. The number of hydrogen-bond acceptors (Lipinski definition) is 6. The third kappa shape index (κ3) is 5.84. The second-order valence-corrected chi connectivity index (χ2v) is 13.6. The van der Waals surface area contributed by atoms with E-state index in [9.17, 15) is 9.59 Å². The molecule has 0 spiro atoms. The molecule has 0 heterocycles. The summed E-state index contributed by atoms with van der Waals surface area (Å²) in [5.74, 6) is -0.715. The van der Waals surface area contributed by atoms with Crippen LogP contribution in [0.25, 0.3) is 0 Å². The number of esters is 2. The summed E-state index contributed by atoms with van der Waals surface area (Å²) in [6.45, 7) is 3.33. The molecule has 6 heteroatoms. The first-order valence-electron chi connectivity index (χ1n) is 16.7. The fraction of sp³-hybridized carbons (Fsp3) is 0.366. The lowest BCUT2D eigenvalue weighted by Gasteiger charge is -2.59. The largest absolute Gasteiger partial charge is 0.489 e. The van der Waals surface area contributed by atoms with E-state index >= 15 is 0 Å². The third-order valence-electron chi connectivity index (χ3n) is 11.0. The predicted molar refractivity (Wildman–Crippen MR) is 178 cm³/mol. The second kappa shape index (κ2) is 13.0. The summed E-state index contributed by atoms with van der Waals surface area (Å²) in [6.07, 6.45) is 4.33. The molecule has 0 unspecified atom stereocenters. The van der Waals surface area contributed by atoms with Crippen molar-refractivity contribution in [2.45, 2.75) is 69.9 Å². The zero-order valence-electron chi connectivity index (χ0n) is 27.1. The normalized spacial score (nSPS) is 27.5. The van der Waals surface area contributed by atoms with Gasteiger partial charge in [-0.1, -0.05) is 104 Å². The lowest BCUT2D eigenvalue weighted by atomic mass is 9.49. The maximum absolute atomic E-state index is 13.5. The van der Waals surface area contributed by atoms with E-state index in [1.54, 1.807) is 0 Å². The molecule has 2 fully saturated rings. The lowest BCUT2D eigenvalue weighted by molar-refractivity contribution is -0.202. The van der Waals surface area contributed by atoms with Gasteiger partial charge < -0.3 is 18.9 Å². The van der Waals surface area contributed by atoms with Crippen LogP contribution < -0.4 is 4.74 Å². The van der Waals surface area contributed by atoms with Crippen molar-refractivity contribution in [1.29, 1.82) is 0 Å². The zero-order valence-corrected chi connectivity index (χ0v) is 27.1. The van der Waals surface area contributed by atoms with Gasteiger partial charge in [-0.3, -0.25) is 0 Å². The van der Waals surface area contributed by atoms with E-state index in [2.05, 4.69) is 43.3 Å². The number of rotatable bonds is 8. The highest BCUT2D eigenvalue weighted by atomic mass is 16.6. The van der Waals surface area contributed by atoms with Crippen molar-refractivity contribution in [3.8, 4) is 5.75 Å². The van der Waals surface area contributed by atoms with E-state index in [0.717, 1.165) is 53.7 Å². The van der Waals surface area contributed by atoms with Gasteiger partial charge in [0.1, 0.15) is 18.0 Å². The number of fused-ring (bicyclic) bond motifs is 5. The summed E-state index contributed by atoms with van der Waals surface area (Å²) in [6, 6.07) is 36.8. The standard InChI is InChI=1S/C41H42O6/c1-40-27-41(31-16-10-5-11-17-31,47-39(43)38(42)44-2)37-33-21-19-32(45-25-28-12-6-3-7-13-28)24-30(33)18-20-34(37)35(40)22-23-36(40)46-26-29-14-8-4-9-15-29/h3-17,19,21,24,34-37H,18,20,22-23,25-27H2,1-2H3/t34-,35-,36-,37+,40-,41+/m0/s1. The smallest absolute Gasteiger partial charge is 0.418 e. The molecule has 3 aliphatic carbocycles. The van der Waals surface area contributed by atoms with Crippen molar-refractivity contribution in [3.05, 3.63) is 137 Å². The Balaban J connectivity index is 1.30. The topological polar surface area (TPSA) is 71.1 Å². The fourth-order valence-corrected chi connectivity index (χ4v) is 9.03. The minimum atomic E-state index is -1.11. The molecule has 4 aromatic rings. The Kier molecular flexibility index (Phi) is 8.63. The first-order valence-corrected chi connectivity index (χ1v) is 16.7. The van der Waals surface area contributed by atoms with Crippen LogP contribution in [0.3, 0.4) is 0 Å². The molecule has 0 aromatic heterocycles. The van der Waals surface area contributed by atoms with E-state index in [4.69, 9.17) is 18.9 Å². The Morgan fingerprint density at radius 3 is 2.11 bits per heavy atom. The van der Waals surface area contributed by atoms with E-state index in [0.29, 0.717) is 25.6 Å². The summed E-state index contributed by atoms with van der Waals surface area (Å²) in [5.41, 5.74) is 4.09. The molecular weight excluding hydrogens is 588 g/mol. The molecule has 3 aliphatic rings. The Bertz CT molecular complexity index is 1710. The molecule has 7 rings (SSSR count). The summed E-state index contributed by atoms with van der Waals surface area (Å²) in [5, 5.41) is 0. The number of methoxy groups -OCH3 is 1. The molecule has 47 heavy (non-hydrogen) atoms. The fourth-order valence-electron chi connectivity index (χ4n) is 9.03. The number of benzene rings is 4. The van der Waals surface area contributed by atoms with Gasteiger partial charge in [-0.15, -0.1) is 0 Å². The monoisotopic (exact) mass is 630 g/mol. The molecule has 0 saturated heterocycles. The van der Waals surface area contributed by atoms with Crippen LogP contribution in [-0.2, 0) is 49.0 Å². The predicted octanol–water partition coefficient (Wildman–Crippen LogP) is 7.93. The van der Waals surface area contributed by atoms with Crippen LogP contribution >= 0.6 is 0 Å². The maximum Gasteiger partial charge on any atom is 0.418 e. The molecule has 0 aliphatic heterocycles. The first kappa shape index (κ1) is 31.2. The molecule has 0 N–H and O–H groups in total. The van der Waals surface area contributed by atoms with Gasteiger partial charge in [0.15, 0.2) is 0 Å². The molecule has 6 nitrogen and oxygen atoms in total. The Labute approximate surface area is 277 Å². The van der Waals surface area contributed by atoms with Crippen LogP contribution in [0.2, 0.25) is 0 Å². The van der Waals surface area contributed by atoms with Crippen LogP contribution in [-0.4, -0.2) is 25.2 Å². The Morgan fingerprint density at radius 1 is 0.766 bits per heavy atom. The van der Waals surface area contributed by atoms with Crippen molar-refractivity contribution in [3.63, 3.8) is 0 Å². The molecule has 242 valence electrons. The van der Waals surface area contributed by atoms with Gasteiger partial charge in [0.25, 0.3) is 0 Å². The van der Waals surface area contributed by atoms with E-state index in [1.165, 1.54) is 12.7 Å². The van der Waals surface area contributed by atoms with Gasteiger partial charge in [-0.25, -0.2) is 9.59 Å². The van der Waals surface area contributed by atoms with E-state index in [1.807, 2.05) is 72.8 Å². The minimum Gasteiger partial charge on any atom is -0.489 e. The van der Waals surface area contributed by atoms with Crippen molar-refractivity contribution in [1.82, 2.24) is 0 Å². The first-order chi connectivity index (χ1) is 22.9. The van der Waals surface area contributed by atoms with Gasteiger partial charge in [0, 0.05) is 17.8 Å². The zero-order chi connectivity index (χ0) is 32.4. The van der Waals surface area contributed by atoms with E-state index < -0.39 is 17.5 Å². The Morgan fingerprint density at radius 2 is 1.43 bits per heavy atom. The number of carbonyl (C=O) groups is 2. The van der Waals surface area contributed by atoms with Gasteiger partial charge in [-0.05, 0) is 77.5 Å². The summed E-state index contributed by atoms with van der Waals surface area (Å²) < 4.78 is 24.4. The van der Waals surface area contributed by atoms with Crippen molar-refractivity contribution in [2.24, 2.45) is 17.3 Å². The van der Waals surface area contributed by atoms with Gasteiger partial charge in [0.05, 0.1) is 19.8 Å². The van der Waals surface area contributed by atoms with Gasteiger partial charge in [0.2, 0.25) is 0 Å². The molecule has 0 bridgehead atoms.